The van der Waals surface area contributed by atoms with Crippen molar-refractivity contribution in [2.24, 2.45) is 0 Å². The Bertz CT molecular complexity index is 259. The minimum absolute atomic E-state index is 0.411. The number of hydrogen-bond donors (Lipinski definition) is 0. The fraction of sp³-hybridized carbons (Fsp3) is 0.714. The summed E-state index contributed by atoms with van der Waals surface area (Å²) in [6, 6.07) is 0. The Kier molecular flexibility index (Phi) is 8.01. The Hall–Kier alpha value is -0.730. The normalized spacial score (nSPS) is 14.2. The molecule has 0 aliphatic heterocycles. The maximum absolute atomic E-state index is 12.6. The van der Waals surface area contributed by atoms with Gasteiger partial charge in [-0.1, -0.05) is 50.8 Å². The van der Waals surface area contributed by atoms with Crippen molar-refractivity contribution < 1.29 is 13.2 Å². The lowest BCUT2D eigenvalue weighted by Crippen LogP contribution is -2.10. The molecule has 0 aromatic rings. The second-order valence-corrected chi connectivity index (χ2v) is 4.37. The summed E-state index contributed by atoms with van der Waals surface area (Å²) in [6.45, 7) is 5.62. The second kappa shape index (κ2) is 8.37. The van der Waals surface area contributed by atoms with Crippen LogP contribution in [0.2, 0.25) is 0 Å². The van der Waals surface area contributed by atoms with Crippen LogP contribution in [0.15, 0.2) is 23.3 Å². The molecule has 0 spiro atoms. The van der Waals surface area contributed by atoms with E-state index in [1.807, 2.05) is 0 Å². The molecule has 0 nitrogen and oxygen atoms in total. The predicted molar refractivity (Wildman–Crippen MR) is 66.9 cm³/mol. The first-order chi connectivity index (χ1) is 7.91. The molecule has 0 aliphatic carbocycles. The van der Waals surface area contributed by atoms with Crippen molar-refractivity contribution in [1.82, 2.24) is 0 Å². The summed E-state index contributed by atoms with van der Waals surface area (Å²) in [5.74, 6) is 0. The summed E-state index contributed by atoms with van der Waals surface area (Å²) in [5, 5.41) is 0. The molecule has 0 aromatic carbocycles. The largest absolute Gasteiger partial charge is 0.416 e. The van der Waals surface area contributed by atoms with Crippen molar-refractivity contribution in [2.75, 3.05) is 0 Å². The van der Waals surface area contributed by atoms with Crippen molar-refractivity contribution in [3.8, 4) is 0 Å². The van der Waals surface area contributed by atoms with Crippen LogP contribution >= 0.6 is 0 Å². The van der Waals surface area contributed by atoms with E-state index in [-0.39, 0.29) is 0 Å². The monoisotopic (exact) mass is 248 g/mol. The molecule has 17 heavy (non-hydrogen) atoms. The van der Waals surface area contributed by atoms with Gasteiger partial charge in [-0.2, -0.15) is 13.2 Å². The molecule has 0 aromatic heterocycles. The lowest BCUT2D eigenvalue weighted by molar-refractivity contribution is -0.0885. The van der Waals surface area contributed by atoms with E-state index < -0.39 is 11.7 Å². The van der Waals surface area contributed by atoms with Crippen LogP contribution in [0.3, 0.4) is 0 Å². The van der Waals surface area contributed by atoms with Crippen LogP contribution in [0.5, 0.6) is 0 Å². The predicted octanol–water partition coefficient (Wildman–Crippen LogP) is 5.80. The standard InChI is InChI=1S/C14H23F3/c1-4-6-7-8-10-12(3)11-13(9-5-2)14(15,16)17/h9,11H,4-8,10H2,1-3H3/b12-11+,13-9+. The Balaban J connectivity index is 4.36. The molecule has 0 fully saturated rings. The van der Waals surface area contributed by atoms with Gasteiger partial charge in [0.2, 0.25) is 0 Å². The molecule has 0 amide bonds. The molecule has 0 bridgehead atoms. The summed E-state index contributed by atoms with van der Waals surface area (Å²) in [5.41, 5.74) is 0.311. The zero-order valence-electron chi connectivity index (χ0n) is 11.0. The van der Waals surface area contributed by atoms with Crippen LogP contribution in [0, 0.1) is 0 Å². The minimum Gasteiger partial charge on any atom is -0.166 e. The van der Waals surface area contributed by atoms with Crippen LogP contribution < -0.4 is 0 Å². The molecule has 3 heteroatoms. The van der Waals surface area contributed by atoms with Gasteiger partial charge in [0, 0.05) is 0 Å². The molecule has 0 aliphatic rings. The van der Waals surface area contributed by atoms with E-state index in [9.17, 15) is 13.2 Å². The maximum Gasteiger partial charge on any atom is 0.416 e. The van der Waals surface area contributed by atoms with Crippen molar-refractivity contribution >= 4 is 0 Å². The minimum atomic E-state index is -4.22. The fourth-order valence-electron chi connectivity index (χ4n) is 1.64. The van der Waals surface area contributed by atoms with Gasteiger partial charge < -0.3 is 0 Å². The first-order valence-corrected chi connectivity index (χ1v) is 6.36. The van der Waals surface area contributed by atoms with Gasteiger partial charge >= 0.3 is 6.18 Å². The topological polar surface area (TPSA) is 0 Å². The first-order valence-electron chi connectivity index (χ1n) is 6.36. The molecular weight excluding hydrogens is 225 g/mol. The van der Waals surface area contributed by atoms with Gasteiger partial charge in [-0.05, 0) is 26.2 Å². The lowest BCUT2D eigenvalue weighted by Gasteiger charge is -2.09. The third kappa shape index (κ3) is 8.06. The Labute approximate surface area is 103 Å². The third-order valence-electron chi connectivity index (χ3n) is 2.58. The molecule has 0 N–H and O–H groups in total. The van der Waals surface area contributed by atoms with Gasteiger partial charge in [0.05, 0.1) is 5.57 Å². The van der Waals surface area contributed by atoms with Crippen LogP contribution in [0.1, 0.15) is 59.3 Å². The van der Waals surface area contributed by atoms with Crippen molar-refractivity contribution in [3.63, 3.8) is 0 Å². The van der Waals surface area contributed by atoms with Gasteiger partial charge in [0.25, 0.3) is 0 Å². The van der Waals surface area contributed by atoms with E-state index in [0.29, 0.717) is 6.42 Å². The lowest BCUT2D eigenvalue weighted by atomic mass is 10.0. The Morgan fingerprint density at radius 3 is 2.18 bits per heavy atom. The van der Waals surface area contributed by atoms with Gasteiger partial charge in [-0.25, -0.2) is 0 Å². The quantitative estimate of drug-likeness (QED) is 0.394. The molecule has 0 saturated carbocycles. The number of unbranched alkanes of at least 4 members (excludes halogenated alkanes) is 3. The average Bonchev–Trinajstić information content (AvgIpc) is 2.22. The number of rotatable bonds is 7. The summed E-state index contributed by atoms with van der Waals surface area (Å²) in [6.07, 6.45) is 3.86. The molecule has 0 saturated heterocycles. The van der Waals surface area contributed by atoms with E-state index in [4.69, 9.17) is 0 Å². The van der Waals surface area contributed by atoms with E-state index in [1.54, 1.807) is 13.8 Å². The number of allylic oxidation sites excluding steroid dienone is 4. The maximum atomic E-state index is 12.6. The zero-order chi connectivity index (χ0) is 13.3. The smallest absolute Gasteiger partial charge is 0.166 e. The van der Waals surface area contributed by atoms with E-state index in [2.05, 4.69) is 6.92 Å². The summed E-state index contributed by atoms with van der Waals surface area (Å²) in [7, 11) is 0. The van der Waals surface area contributed by atoms with Crippen LogP contribution in [-0.4, -0.2) is 6.18 Å². The van der Waals surface area contributed by atoms with Gasteiger partial charge in [0.15, 0.2) is 0 Å². The van der Waals surface area contributed by atoms with E-state index in [0.717, 1.165) is 37.7 Å². The highest BCUT2D eigenvalue weighted by Crippen LogP contribution is 2.28. The molecule has 0 unspecified atom stereocenters. The van der Waals surface area contributed by atoms with Crippen LogP contribution in [0.25, 0.3) is 0 Å². The second-order valence-electron chi connectivity index (χ2n) is 4.37. The first kappa shape index (κ1) is 16.3. The molecule has 100 valence electrons. The zero-order valence-corrected chi connectivity index (χ0v) is 11.0. The third-order valence-corrected chi connectivity index (χ3v) is 2.58. The number of halogens is 3. The van der Waals surface area contributed by atoms with Crippen LogP contribution in [-0.2, 0) is 0 Å². The number of hydrogen-bond acceptors (Lipinski definition) is 0. The average molecular weight is 248 g/mol. The Morgan fingerprint density at radius 1 is 1.06 bits per heavy atom. The van der Waals surface area contributed by atoms with Crippen LogP contribution in [0.4, 0.5) is 13.2 Å². The molecular formula is C14H23F3. The Morgan fingerprint density at radius 2 is 1.71 bits per heavy atom. The number of alkyl halides is 3. The van der Waals surface area contributed by atoms with E-state index in [1.165, 1.54) is 12.2 Å². The molecule has 0 atom stereocenters. The fourth-order valence-corrected chi connectivity index (χ4v) is 1.64. The molecule has 0 heterocycles. The summed E-state index contributed by atoms with van der Waals surface area (Å²) in [4.78, 5) is 0. The van der Waals surface area contributed by atoms with Gasteiger partial charge in [-0.3, -0.25) is 0 Å². The SMILES string of the molecule is CC/C=C(\C=C(/C)CCCCCC)C(F)(F)F. The molecule has 0 radical (unpaired) electrons. The highest BCUT2D eigenvalue weighted by Gasteiger charge is 2.31. The highest BCUT2D eigenvalue weighted by molar-refractivity contribution is 5.27. The van der Waals surface area contributed by atoms with Crippen molar-refractivity contribution in [2.45, 2.75) is 65.5 Å². The van der Waals surface area contributed by atoms with Crippen molar-refractivity contribution in [1.29, 1.82) is 0 Å². The van der Waals surface area contributed by atoms with Crippen molar-refractivity contribution in [3.05, 3.63) is 23.3 Å². The highest BCUT2D eigenvalue weighted by atomic mass is 19.4. The summed E-state index contributed by atoms with van der Waals surface area (Å²) < 4.78 is 37.8. The van der Waals surface area contributed by atoms with Gasteiger partial charge in [0.1, 0.15) is 0 Å². The van der Waals surface area contributed by atoms with E-state index >= 15 is 0 Å². The molecule has 0 rings (SSSR count). The van der Waals surface area contributed by atoms with Gasteiger partial charge in [-0.15, -0.1) is 0 Å². The summed E-state index contributed by atoms with van der Waals surface area (Å²) >= 11 is 0.